The van der Waals surface area contributed by atoms with Gasteiger partial charge >= 0.3 is 0 Å². The Balaban J connectivity index is 1.45. The predicted molar refractivity (Wildman–Crippen MR) is 99.1 cm³/mol. The van der Waals surface area contributed by atoms with Crippen LogP contribution >= 0.6 is 0 Å². The Morgan fingerprint density at radius 3 is 3.00 bits per heavy atom. The summed E-state index contributed by atoms with van der Waals surface area (Å²) in [7, 11) is 0. The molecule has 0 bridgehead atoms. The third kappa shape index (κ3) is 2.06. The summed E-state index contributed by atoms with van der Waals surface area (Å²) in [5, 5.41) is 13.0. The molecular weight excluding hydrogens is 363 g/mol. The van der Waals surface area contributed by atoms with Crippen LogP contribution in [0.1, 0.15) is 30.5 Å². The van der Waals surface area contributed by atoms with E-state index in [4.69, 9.17) is 9.73 Å². The van der Waals surface area contributed by atoms with E-state index in [2.05, 4.69) is 17.2 Å². The second kappa shape index (κ2) is 5.68. The molecule has 1 saturated heterocycles. The minimum atomic E-state index is 0.103. The molecule has 0 radical (unpaired) electrons. The van der Waals surface area contributed by atoms with Gasteiger partial charge in [0, 0.05) is 18.1 Å². The van der Waals surface area contributed by atoms with Gasteiger partial charge in [-0.2, -0.15) is 15.2 Å². The van der Waals surface area contributed by atoms with E-state index >= 15 is 0 Å². The molecule has 0 N–H and O–H groups in total. The second-order valence-corrected chi connectivity index (χ2v) is 7.30. The van der Waals surface area contributed by atoms with E-state index < -0.39 is 0 Å². The lowest BCUT2D eigenvalue weighted by Gasteiger charge is -2.40. The first-order valence-corrected chi connectivity index (χ1v) is 9.38. The number of rotatable bonds is 2. The second-order valence-electron chi connectivity index (χ2n) is 7.30. The first-order valence-electron chi connectivity index (χ1n) is 9.38. The molecule has 0 aliphatic carbocycles. The number of ether oxygens (including phenoxy) is 1. The number of para-hydroxylation sites is 1. The Morgan fingerprint density at radius 2 is 2.14 bits per heavy atom. The standard InChI is InChI=1S/C18H19FN8O/c1-12-13(6-7-28-12)16-8-21-22-27(16)25-10-20-18-14-4-2-3-5-15(14)24-11-23(19)9-17(24)26(18)25/h2-5,8-9,12-13H,6-7,10-11H2,1H3. The maximum atomic E-state index is 14.2. The molecule has 5 heterocycles. The van der Waals surface area contributed by atoms with Crippen molar-refractivity contribution < 1.29 is 9.22 Å². The zero-order chi connectivity index (χ0) is 18.8. The molecule has 6 rings (SSSR count). The monoisotopic (exact) mass is 382 g/mol. The van der Waals surface area contributed by atoms with Crippen LogP contribution in [-0.2, 0) is 4.74 Å². The van der Waals surface area contributed by atoms with E-state index in [1.807, 2.05) is 39.3 Å². The lowest BCUT2D eigenvalue weighted by Crippen LogP contribution is -2.54. The van der Waals surface area contributed by atoms with Gasteiger partial charge in [-0.15, -0.1) is 9.89 Å². The van der Waals surface area contributed by atoms with Crippen molar-refractivity contribution in [2.24, 2.45) is 4.99 Å². The Labute approximate surface area is 160 Å². The first-order chi connectivity index (χ1) is 13.7. The summed E-state index contributed by atoms with van der Waals surface area (Å²) >= 11 is 0. The number of halogens is 1. The average Bonchev–Trinajstić information content (AvgIpc) is 3.46. The van der Waals surface area contributed by atoms with Gasteiger partial charge in [0.15, 0.2) is 18.3 Å². The van der Waals surface area contributed by atoms with Crippen LogP contribution in [0.15, 0.2) is 47.5 Å². The molecule has 9 nitrogen and oxygen atoms in total. The maximum absolute atomic E-state index is 14.2. The molecule has 1 aromatic heterocycles. The third-order valence-corrected chi connectivity index (χ3v) is 5.77. The Hall–Kier alpha value is -3.14. The minimum Gasteiger partial charge on any atom is -0.378 e. The van der Waals surface area contributed by atoms with E-state index in [9.17, 15) is 4.48 Å². The zero-order valence-corrected chi connectivity index (χ0v) is 15.3. The summed E-state index contributed by atoms with van der Waals surface area (Å²) < 4.78 is 19.9. The molecule has 1 fully saturated rings. The summed E-state index contributed by atoms with van der Waals surface area (Å²) in [4.78, 5) is 8.46. The van der Waals surface area contributed by atoms with E-state index in [1.54, 1.807) is 11.0 Å². The van der Waals surface area contributed by atoms with Crippen LogP contribution in [0.3, 0.4) is 0 Å². The molecule has 2 unspecified atom stereocenters. The fourth-order valence-electron chi connectivity index (χ4n) is 4.43. The van der Waals surface area contributed by atoms with Crippen molar-refractivity contribution in [3.05, 3.63) is 53.7 Å². The van der Waals surface area contributed by atoms with E-state index in [0.717, 1.165) is 35.8 Å². The molecule has 4 aliphatic heterocycles. The smallest absolute Gasteiger partial charge is 0.162 e. The number of benzene rings is 1. The number of anilines is 1. The lowest BCUT2D eigenvalue weighted by atomic mass is 10.00. The quantitative estimate of drug-likeness (QED) is 0.730. The third-order valence-electron chi connectivity index (χ3n) is 5.77. The van der Waals surface area contributed by atoms with Crippen LogP contribution in [0.2, 0.25) is 0 Å². The van der Waals surface area contributed by atoms with Gasteiger partial charge in [-0.3, -0.25) is 0 Å². The normalized spacial score (nSPS) is 25.6. The van der Waals surface area contributed by atoms with Crippen LogP contribution in [0.5, 0.6) is 0 Å². The number of aliphatic imine (C=N–C) groups is 1. The zero-order valence-electron chi connectivity index (χ0n) is 15.3. The summed E-state index contributed by atoms with van der Waals surface area (Å²) in [5.74, 6) is 1.70. The van der Waals surface area contributed by atoms with Gasteiger partial charge in [0.25, 0.3) is 0 Å². The molecule has 0 spiro atoms. The summed E-state index contributed by atoms with van der Waals surface area (Å²) in [5.41, 5.74) is 2.89. The van der Waals surface area contributed by atoms with Crippen LogP contribution < -0.4 is 10.0 Å². The van der Waals surface area contributed by atoms with Gasteiger partial charge in [0.1, 0.15) is 6.67 Å². The van der Waals surface area contributed by atoms with Crippen molar-refractivity contribution in [1.82, 2.24) is 25.2 Å². The van der Waals surface area contributed by atoms with E-state index in [1.165, 1.54) is 6.20 Å². The number of hydrogen-bond donors (Lipinski definition) is 0. The fraction of sp³-hybridized carbons (Fsp3) is 0.389. The van der Waals surface area contributed by atoms with Crippen molar-refractivity contribution >= 4 is 11.5 Å². The van der Waals surface area contributed by atoms with Crippen LogP contribution in [0.25, 0.3) is 0 Å². The van der Waals surface area contributed by atoms with Crippen molar-refractivity contribution in [1.29, 1.82) is 0 Å². The summed E-state index contributed by atoms with van der Waals surface area (Å²) in [6, 6.07) is 7.93. The Bertz CT molecular complexity index is 1000. The number of fused-ring (bicyclic) bond motifs is 6. The number of hydrogen-bond acceptors (Lipinski definition) is 8. The molecule has 144 valence electrons. The number of nitrogens with zero attached hydrogens (tertiary/aromatic N) is 8. The molecule has 2 atom stereocenters. The largest absolute Gasteiger partial charge is 0.378 e. The molecule has 10 heteroatoms. The van der Waals surface area contributed by atoms with Gasteiger partial charge < -0.3 is 9.64 Å². The number of amidine groups is 1. The first kappa shape index (κ1) is 15.9. The van der Waals surface area contributed by atoms with Gasteiger partial charge in [-0.05, 0) is 30.7 Å². The lowest BCUT2D eigenvalue weighted by molar-refractivity contribution is 0.104. The minimum absolute atomic E-state index is 0.103. The highest BCUT2D eigenvalue weighted by Crippen LogP contribution is 2.39. The van der Waals surface area contributed by atoms with Crippen LogP contribution in [0, 0.1) is 0 Å². The molecule has 4 aliphatic rings. The van der Waals surface area contributed by atoms with Gasteiger partial charge in [-0.1, -0.05) is 16.6 Å². The van der Waals surface area contributed by atoms with Crippen molar-refractivity contribution in [2.45, 2.75) is 25.4 Å². The van der Waals surface area contributed by atoms with Crippen LogP contribution in [-0.4, -0.2) is 57.1 Å². The molecule has 28 heavy (non-hydrogen) atoms. The Morgan fingerprint density at radius 1 is 1.25 bits per heavy atom. The van der Waals surface area contributed by atoms with Gasteiger partial charge in [0.2, 0.25) is 0 Å². The number of hydrazine groups is 1. The summed E-state index contributed by atoms with van der Waals surface area (Å²) in [6.45, 7) is 3.31. The van der Waals surface area contributed by atoms with Crippen molar-refractivity contribution in [3.8, 4) is 0 Å². The molecule has 1 aromatic carbocycles. The topological polar surface area (TPSA) is 65.3 Å². The van der Waals surface area contributed by atoms with Gasteiger partial charge in [0.05, 0.1) is 29.9 Å². The predicted octanol–water partition coefficient (Wildman–Crippen LogP) is 1.52. The van der Waals surface area contributed by atoms with E-state index in [0.29, 0.717) is 17.6 Å². The summed E-state index contributed by atoms with van der Waals surface area (Å²) in [6.07, 6.45) is 4.30. The highest BCUT2D eigenvalue weighted by molar-refractivity contribution is 6.08. The average molecular weight is 382 g/mol. The van der Waals surface area contributed by atoms with E-state index in [-0.39, 0.29) is 18.7 Å². The Kier molecular flexibility index (Phi) is 3.22. The highest BCUT2D eigenvalue weighted by atomic mass is 19.2. The molecule has 2 aromatic rings. The van der Waals surface area contributed by atoms with Gasteiger partial charge in [-0.25, -0.2) is 4.99 Å². The highest BCUT2D eigenvalue weighted by Gasteiger charge is 2.44. The van der Waals surface area contributed by atoms with Crippen molar-refractivity contribution in [2.75, 3.05) is 30.0 Å². The van der Waals surface area contributed by atoms with Crippen molar-refractivity contribution in [3.63, 3.8) is 0 Å². The molecule has 0 amide bonds. The molecule has 0 saturated carbocycles. The van der Waals surface area contributed by atoms with Crippen LogP contribution in [0.4, 0.5) is 10.2 Å². The SMILES string of the molecule is CC1OCCC1c1cnnn1N1CN=C2c3ccccc3N3CN(F)C=C3N21. The molecular formula is C18H19FN8O. The number of aromatic nitrogens is 3. The fourth-order valence-corrected chi connectivity index (χ4v) is 4.43. The maximum Gasteiger partial charge on any atom is 0.162 e.